The zero-order chi connectivity index (χ0) is 16.1. The maximum Gasteiger partial charge on any atom is 0.316 e. The van der Waals surface area contributed by atoms with Crippen LogP contribution in [0.4, 0.5) is 0 Å². The standard InChI is InChI=1S/C18H25N2O2/c1-17(2)18(3,4)20(22)16(19(17)21)15-11-9-14(10-12-15)13-7-5-6-8-13/h9-13H,5-8H2,1-4H3. The lowest BCUT2D eigenvalue weighted by molar-refractivity contribution is -0.539. The van der Waals surface area contributed by atoms with E-state index in [4.69, 9.17) is 0 Å². The van der Waals surface area contributed by atoms with Crippen molar-refractivity contribution in [3.63, 3.8) is 0 Å². The molecule has 22 heavy (non-hydrogen) atoms. The second-order valence-corrected chi connectivity index (χ2v) is 7.63. The summed E-state index contributed by atoms with van der Waals surface area (Å²) in [5, 5.41) is 26.1. The van der Waals surface area contributed by atoms with Crippen molar-refractivity contribution in [2.45, 2.75) is 70.4 Å². The molecule has 0 amide bonds. The van der Waals surface area contributed by atoms with Crippen LogP contribution in [0.5, 0.6) is 0 Å². The van der Waals surface area contributed by atoms with Gasteiger partial charge in [-0.1, -0.05) is 30.0 Å². The number of hydroxylamine groups is 3. The first-order valence-corrected chi connectivity index (χ1v) is 8.19. The van der Waals surface area contributed by atoms with Crippen LogP contribution in [0, 0.1) is 5.21 Å². The van der Waals surface area contributed by atoms with Crippen LogP contribution in [0.3, 0.4) is 0 Å². The van der Waals surface area contributed by atoms with Crippen molar-refractivity contribution < 1.29 is 9.95 Å². The van der Waals surface area contributed by atoms with Crippen LogP contribution in [-0.2, 0) is 5.21 Å². The van der Waals surface area contributed by atoms with Crippen LogP contribution >= 0.6 is 0 Å². The highest BCUT2D eigenvalue weighted by Gasteiger charge is 2.59. The molecule has 1 fully saturated rings. The van der Waals surface area contributed by atoms with Crippen molar-refractivity contribution in [3.05, 3.63) is 40.6 Å². The molecule has 0 atom stereocenters. The van der Waals surface area contributed by atoms with Gasteiger partial charge in [0.2, 0.25) is 0 Å². The summed E-state index contributed by atoms with van der Waals surface area (Å²) in [5.74, 6) is 0.871. The fourth-order valence-corrected chi connectivity index (χ4v) is 3.51. The van der Waals surface area contributed by atoms with Gasteiger partial charge in [0.25, 0.3) is 0 Å². The maximum atomic E-state index is 12.6. The second kappa shape index (κ2) is 4.98. The molecule has 0 N–H and O–H groups in total. The molecule has 2 aliphatic rings. The summed E-state index contributed by atoms with van der Waals surface area (Å²) >= 11 is 0. The van der Waals surface area contributed by atoms with Gasteiger partial charge in [-0.2, -0.15) is 0 Å². The third kappa shape index (κ3) is 2.04. The smallest absolute Gasteiger partial charge is 0.316 e. The highest BCUT2D eigenvalue weighted by Crippen LogP contribution is 2.38. The summed E-state index contributed by atoms with van der Waals surface area (Å²) in [7, 11) is 0. The van der Waals surface area contributed by atoms with Crippen LogP contribution in [0.25, 0.3) is 0 Å². The summed E-state index contributed by atoms with van der Waals surface area (Å²) in [6, 6.07) is 8.02. The fourth-order valence-electron chi connectivity index (χ4n) is 3.51. The van der Waals surface area contributed by atoms with Gasteiger partial charge in [0.15, 0.2) is 5.54 Å². The lowest BCUT2D eigenvalue weighted by Gasteiger charge is -2.32. The van der Waals surface area contributed by atoms with E-state index in [0.717, 1.165) is 9.80 Å². The molecule has 3 rings (SSSR count). The van der Waals surface area contributed by atoms with E-state index in [9.17, 15) is 10.4 Å². The number of amidine groups is 1. The molecule has 0 bridgehead atoms. The van der Waals surface area contributed by atoms with Crippen molar-refractivity contribution in [2.24, 2.45) is 0 Å². The molecular weight excluding hydrogens is 276 g/mol. The minimum atomic E-state index is -0.756. The minimum Gasteiger partial charge on any atom is -0.714 e. The van der Waals surface area contributed by atoms with Gasteiger partial charge < -0.3 is 5.21 Å². The van der Waals surface area contributed by atoms with Crippen molar-refractivity contribution in [1.82, 2.24) is 5.06 Å². The molecule has 1 aromatic carbocycles. The van der Waals surface area contributed by atoms with Gasteiger partial charge in [0, 0.05) is 5.21 Å². The SMILES string of the molecule is CC1(C)N([O])C(c2ccc(C3CCCC3)cc2)=[N+]([O-])C1(C)C. The zero-order valence-electron chi connectivity index (χ0n) is 13.9. The van der Waals surface area contributed by atoms with E-state index in [1.165, 1.54) is 31.2 Å². The molecule has 4 nitrogen and oxygen atoms in total. The average Bonchev–Trinajstić information content (AvgIpc) is 3.04. The van der Waals surface area contributed by atoms with Crippen LogP contribution in [-0.4, -0.2) is 26.7 Å². The van der Waals surface area contributed by atoms with Crippen LogP contribution in [0.1, 0.15) is 70.4 Å². The Bertz CT molecular complexity index is 596. The molecular formula is C18H25N2O2. The van der Waals surface area contributed by atoms with E-state index >= 15 is 0 Å². The van der Waals surface area contributed by atoms with Gasteiger partial charge in [-0.25, -0.2) is 0 Å². The summed E-state index contributed by atoms with van der Waals surface area (Å²) in [6.45, 7) is 7.30. The van der Waals surface area contributed by atoms with Gasteiger partial charge in [-0.3, -0.25) is 4.74 Å². The van der Waals surface area contributed by atoms with E-state index in [2.05, 4.69) is 12.1 Å². The first-order chi connectivity index (χ1) is 10.3. The molecule has 1 aliphatic carbocycles. The summed E-state index contributed by atoms with van der Waals surface area (Å²) in [5.41, 5.74) is 0.529. The first-order valence-electron chi connectivity index (χ1n) is 8.19. The van der Waals surface area contributed by atoms with Crippen molar-refractivity contribution in [2.75, 3.05) is 0 Å². The van der Waals surface area contributed by atoms with E-state index in [1.54, 1.807) is 0 Å². The Morgan fingerprint density at radius 2 is 1.64 bits per heavy atom. The maximum absolute atomic E-state index is 12.6. The molecule has 4 heteroatoms. The molecule has 1 saturated carbocycles. The topological polar surface area (TPSA) is 49.2 Å². The zero-order valence-corrected chi connectivity index (χ0v) is 13.9. The molecule has 0 unspecified atom stereocenters. The first kappa shape index (κ1) is 15.3. The second-order valence-electron chi connectivity index (χ2n) is 7.63. The fraction of sp³-hybridized carbons (Fsp3) is 0.611. The van der Waals surface area contributed by atoms with E-state index in [0.29, 0.717) is 11.5 Å². The third-order valence-electron chi connectivity index (χ3n) is 5.89. The van der Waals surface area contributed by atoms with E-state index in [1.807, 2.05) is 39.8 Å². The Labute approximate surface area is 132 Å². The highest BCUT2D eigenvalue weighted by molar-refractivity contribution is 5.96. The molecule has 1 radical (unpaired) electrons. The lowest BCUT2D eigenvalue weighted by Crippen LogP contribution is -2.53. The number of nitrogens with zero attached hydrogens (tertiary/aromatic N) is 2. The van der Waals surface area contributed by atoms with Crippen LogP contribution in [0.2, 0.25) is 0 Å². The number of hydrogen-bond donors (Lipinski definition) is 0. The monoisotopic (exact) mass is 301 g/mol. The summed E-state index contributed by atoms with van der Waals surface area (Å²) in [6.07, 6.45) is 5.10. The van der Waals surface area contributed by atoms with Crippen molar-refractivity contribution in [3.8, 4) is 0 Å². The predicted molar refractivity (Wildman–Crippen MR) is 86.1 cm³/mol. The van der Waals surface area contributed by atoms with Gasteiger partial charge in [0.1, 0.15) is 5.54 Å². The summed E-state index contributed by atoms with van der Waals surface area (Å²) in [4.78, 5) is 0. The largest absolute Gasteiger partial charge is 0.714 e. The van der Waals surface area contributed by atoms with Gasteiger partial charge in [-0.15, -0.1) is 0 Å². The van der Waals surface area contributed by atoms with Crippen LogP contribution in [0.15, 0.2) is 24.3 Å². The highest BCUT2D eigenvalue weighted by atomic mass is 16.5. The minimum absolute atomic E-state index is 0.230. The average molecular weight is 301 g/mol. The van der Waals surface area contributed by atoms with Gasteiger partial charge in [-0.05, 0) is 64.2 Å². The molecule has 1 aliphatic heterocycles. The Morgan fingerprint density at radius 1 is 1.09 bits per heavy atom. The van der Waals surface area contributed by atoms with E-state index < -0.39 is 11.1 Å². The molecule has 0 saturated heterocycles. The Morgan fingerprint density at radius 3 is 2.09 bits per heavy atom. The quantitative estimate of drug-likeness (QED) is 0.616. The number of hydrogen-bond acceptors (Lipinski definition) is 2. The Kier molecular flexibility index (Phi) is 3.48. The Hall–Kier alpha value is -1.55. The number of benzene rings is 1. The van der Waals surface area contributed by atoms with Crippen LogP contribution < -0.4 is 0 Å². The van der Waals surface area contributed by atoms with Gasteiger partial charge >= 0.3 is 5.84 Å². The lowest BCUT2D eigenvalue weighted by atomic mass is 9.84. The molecule has 1 heterocycles. The molecule has 0 aromatic heterocycles. The summed E-state index contributed by atoms with van der Waals surface area (Å²) < 4.78 is 0.880. The Balaban J connectivity index is 1.95. The number of rotatable bonds is 2. The molecule has 1 aromatic rings. The molecule has 119 valence electrons. The van der Waals surface area contributed by atoms with Crippen molar-refractivity contribution >= 4 is 5.84 Å². The van der Waals surface area contributed by atoms with Gasteiger partial charge in [0.05, 0.1) is 5.56 Å². The predicted octanol–water partition coefficient (Wildman–Crippen LogP) is 3.82. The van der Waals surface area contributed by atoms with E-state index in [-0.39, 0.29) is 5.84 Å². The van der Waals surface area contributed by atoms with Crippen molar-refractivity contribution in [1.29, 1.82) is 0 Å². The normalized spacial score (nSPS) is 24.3. The third-order valence-corrected chi connectivity index (χ3v) is 5.89. The molecule has 0 spiro atoms.